The van der Waals surface area contributed by atoms with Gasteiger partial charge < -0.3 is 4.90 Å². The van der Waals surface area contributed by atoms with Crippen LogP contribution >= 0.6 is 0 Å². The summed E-state index contributed by atoms with van der Waals surface area (Å²) in [5, 5.41) is 0. The molecule has 7 heteroatoms. The van der Waals surface area contributed by atoms with Crippen LogP contribution in [0.1, 0.15) is 24.8 Å². The number of amides is 1. The number of carbonyl (C=O) groups excluding carboxylic acids is 1. The predicted octanol–water partition coefficient (Wildman–Crippen LogP) is 1.60. The van der Waals surface area contributed by atoms with Gasteiger partial charge in [-0.3, -0.25) is 4.79 Å². The topological polar surface area (TPSA) is 57.7 Å². The van der Waals surface area contributed by atoms with Crippen LogP contribution in [0, 0.1) is 5.82 Å². The molecular weight excluding hydrogens is 307 g/mol. The second-order valence-corrected chi connectivity index (χ2v) is 7.55. The minimum atomic E-state index is -3.59. The number of hydrogen-bond donors (Lipinski definition) is 0. The first-order valence-electron chi connectivity index (χ1n) is 7.34. The third-order valence-corrected chi connectivity index (χ3v) is 4.99. The summed E-state index contributed by atoms with van der Waals surface area (Å²) in [5.74, 6) is -0.692. The second-order valence-electron chi connectivity index (χ2n) is 5.56. The highest BCUT2D eigenvalue weighted by molar-refractivity contribution is 7.88. The molecule has 0 unspecified atom stereocenters. The van der Waals surface area contributed by atoms with E-state index in [1.807, 2.05) is 0 Å². The van der Waals surface area contributed by atoms with E-state index < -0.39 is 15.8 Å². The van der Waals surface area contributed by atoms with Gasteiger partial charge >= 0.3 is 0 Å². The molecule has 1 fully saturated rings. The molecule has 2 rings (SSSR count). The first kappa shape index (κ1) is 16.9. The van der Waals surface area contributed by atoms with Gasteiger partial charge in [0.2, 0.25) is 15.9 Å². The maximum absolute atomic E-state index is 13.7. The molecule has 0 atom stereocenters. The zero-order valence-electron chi connectivity index (χ0n) is 12.7. The molecule has 1 aliphatic heterocycles. The Kier molecular flexibility index (Phi) is 5.52. The van der Waals surface area contributed by atoms with Gasteiger partial charge in [-0.25, -0.2) is 12.8 Å². The Morgan fingerprint density at radius 3 is 2.45 bits per heavy atom. The Morgan fingerprint density at radius 2 is 1.86 bits per heavy atom. The van der Waals surface area contributed by atoms with Crippen molar-refractivity contribution in [2.24, 2.45) is 0 Å². The highest BCUT2D eigenvalue weighted by atomic mass is 32.2. The van der Waals surface area contributed by atoms with Crippen LogP contribution in [-0.2, 0) is 21.4 Å². The van der Waals surface area contributed by atoms with Gasteiger partial charge in [0.05, 0.1) is 12.8 Å². The highest BCUT2D eigenvalue weighted by Crippen LogP contribution is 2.14. The monoisotopic (exact) mass is 328 g/mol. The smallest absolute Gasteiger partial charge is 0.237 e. The van der Waals surface area contributed by atoms with Crippen molar-refractivity contribution in [1.82, 2.24) is 9.21 Å². The van der Waals surface area contributed by atoms with E-state index in [2.05, 4.69) is 0 Å². The number of nitrogens with zero attached hydrogens (tertiary/aromatic N) is 2. The number of hydrogen-bond acceptors (Lipinski definition) is 3. The van der Waals surface area contributed by atoms with Gasteiger partial charge in [-0.2, -0.15) is 4.31 Å². The molecule has 1 aromatic rings. The van der Waals surface area contributed by atoms with Gasteiger partial charge in [0.15, 0.2) is 0 Å². The summed E-state index contributed by atoms with van der Waals surface area (Å²) in [6, 6.07) is 6.00. The minimum absolute atomic E-state index is 0.134. The van der Waals surface area contributed by atoms with Crippen molar-refractivity contribution in [2.75, 3.05) is 25.9 Å². The van der Waals surface area contributed by atoms with E-state index in [0.717, 1.165) is 29.8 Å². The van der Waals surface area contributed by atoms with E-state index >= 15 is 0 Å². The van der Waals surface area contributed by atoms with Crippen molar-refractivity contribution in [2.45, 2.75) is 25.8 Å². The molecule has 0 aliphatic carbocycles. The van der Waals surface area contributed by atoms with Crippen LogP contribution in [0.15, 0.2) is 24.3 Å². The third-order valence-electron chi connectivity index (χ3n) is 3.79. The summed E-state index contributed by atoms with van der Waals surface area (Å²) in [4.78, 5) is 13.9. The lowest BCUT2D eigenvalue weighted by Crippen LogP contribution is -2.44. The fraction of sp³-hybridized carbons (Fsp3) is 0.533. The summed E-state index contributed by atoms with van der Waals surface area (Å²) in [6.07, 6.45) is 4.02. The Hall–Kier alpha value is -1.47. The summed E-state index contributed by atoms with van der Waals surface area (Å²) >= 11 is 0. The lowest BCUT2D eigenvalue weighted by molar-refractivity contribution is -0.132. The molecule has 0 N–H and O–H groups in total. The summed E-state index contributed by atoms with van der Waals surface area (Å²) in [7, 11) is -3.59. The maximum atomic E-state index is 13.7. The highest BCUT2D eigenvalue weighted by Gasteiger charge is 2.25. The molecule has 1 amide bonds. The van der Waals surface area contributed by atoms with Crippen molar-refractivity contribution in [1.29, 1.82) is 0 Å². The third kappa shape index (κ3) is 4.51. The van der Waals surface area contributed by atoms with Crippen LogP contribution in [0.4, 0.5) is 4.39 Å². The van der Waals surface area contributed by atoms with Crippen molar-refractivity contribution in [3.8, 4) is 0 Å². The molecule has 0 saturated carbocycles. The molecule has 0 spiro atoms. The van der Waals surface area contributed by atoms with E-state index in [4.69, 9.17) is 0 Å². The second kappa shape index (κ2) is 7.19. The molecule has 0 bridgehead atoms. The van der Waals surface area contributed by atoms with Crippen molar-refractivity contribution >= 4 is 15.9 Å². The molecular formula is C15H21FN2O3S. The molecule has 1 aromatic carbocycles. The number of sulfonamides is 1. The standard InChI is InChI=1S/C15H21FN2O3S/c1-22(20,21)18(11-13-7-3-4-8-14(13)16)12-15(19)17-9-5-2-6-10-17/h3-4,7-8H,2,5-6,9-12H2,1H3. The molecule has 122 valence electrons. The van der Waals surface area contributed by atoms with Crippen LogP contribution < -0.4 is 0 Å². The van der Waals surface area contributed by atoms with E-state index in [-0.39, 0.29) is 24.6 Å². The summed E-state index contributed by atoms with van der Waals surface area (Å²) < 4.78 is 38.5. The fourth-order valence-electron chi connectivity index (χ4n) is 2.50. The average molecular weight is 328 g/mol. The van der Waals surface area contributed by atoms with E-state index in [1.165, 1.54) is 12.1 Å². The number of carbonyl (C=O) groups is 1. The first-order chi connectivity index (χ1) is 10.4. The Morgan fingerprint density at radius 1 is 1.23 bits per heavy atom. The summed E-state index contributed by atoms with van der Waals surface area (Å²) in [5.41, 5.74) is 0.263. The quantitative estimate of drug-likeness (QED) is 0.825. The average Bonchev–Trinajstić information content (AvgIpc) is 2.48. The van der Waals surface area contributed by atoms with E-state index in [1.54, 1.807) is 17.0 Å². The molecule has 1 saturated heterocycles. The van der Waals surface area contributed by atoms with Crippen molar-refractivity contribution in [3.05, 3.63) is 35.6 Å². The van der Waals surface area contributed by atoms with Crippen LogP contribution in [0.3, 0.4) is 0 Å². The van der Waals surface area contributed by atoms with Crippen molar-refractivity contribution < 1.29 is 17.6 Å². The first-order valence-corrected chi connectivity index (χ1v) is 9.19. The van der Waals surface area contributed by atoms with Gasteiger partial charge in [-0.1, -0.05) is 18.2 Å². The van der Waals surface area contributed by atoms with Gasteiger partial charge in [-0.05, 0) is 25.3 Å². The number of rotatable bonds is 5. The Bertz CT molecular complexity index is 627. The van der Waals surface area contributed by atoms with Crippen LogP contribution in [0.5, 0.6) is 0 Å². The van der Waals surface area contributed by atoms with Gasteiger partial charge in [-0.15, -0.1) is 0 Å². The zero-order chi connectivity index (χ0) is 16.2. The molecule has 0 aromatic heterocycles. The molecule has 0 radical (unpaired) electrons. The number of halogens is 1. The van der Waals surface area contributed by atoms with Gasteiger partial charge in [0.1, 0.15) is 5.82 Å². The maximum Gasteiger partial charge on any atom is 0.237 e. The largest absolute Gasteiger partial charge is 0.342 e. The number of likely N-dealkylation sites (tertiary alicyclic amines) is 1. The normalized spacial score (nSPS) is 16.0. The molecule has 22 heavy (non-hydrogen) atoms. The van der Waals surface area contributed by atoms with Crippen LogP contribution in [0.2, 0.25) is 0 Å². The van der Waals surface area contributed by atoms with Gasteiger partial charge in [0, 0.05) is 25.2 Å². The van der Waals surface area contributed by atoms with Gasteiger partial charge in [0.25, 0.3) is 0 Å². The SMILES string of the molecule is CS(=O)(=O)N(CC(=O)N1CCCCC1)Cc1ccccc1F. The molecule has 1 aliphatic rings. The zero-order valence-corrected chi connectivity index (χ0v) is 13.5. The predicted molar refractivity (Wildman–Crippen MR) is 82.1 cm³/mol. The fourth-order valence-corrected chi connectivity index (χ4v) is 3.22. The van der Waals surface area contributed by atoms with Crippen LogP contribution in [-0.4, -0.2) is 49.4 Å². The molecule has 1 heterocycles. The Balaban J connectivity index is 2.10. The summed E-state index contributed by atoms with van der Waals surface area (Å²) in [6.45, 7) is 0.949. The Labute approximate surface area is 130 Å². The lowest BCUT2D eigenvalue weighted by Gasteiger charge is -2.29. The lowest BCUT2D eigenvalue weighted by atomic mass is 10.1. The molecule has 5 nitrogen and oxygen atoms in total. The van der Waals surface area contributed by atoms with Crippen LogP contribution in [0.25, 0.3) is 0 Å². The number of piperidine rings is 1. The van der Waals surface area contributed by atoms with Crippen molar-refractivity contribution in [3.63, 3.8) is 0 Å². The number of benzene rings is 1. The van der Waals surface area contributed by atoms with E-state index in [0.29, 0.717) is 13.1 Å². The minimum Gasteiger partial charge on any atom is -0.342 e. The van der Waals surface area contributed by atoms with E-state index in [9.17, 15) is 17.6 Å².